The topological polar surface area (TPSA) is 102 Å². The fraction of sp³-hybridized carbons (Fsp3) is 0.100. The summed E-state index contributed by atoms with van der Waals surface area (Å²) in [6, 6.07) is 9.54. The third-order valence-corrected chi connectivity index (χ3v) is 4.43. The summed E-state index contributed by atoms with van der Waals surface area (Å²) in [4.78, 5) is 34.7. The van der Waals surface area contributed by atoms with Gasteiger partial charge in [-0.25, -0.2) is 19.7 Å². The highest BCUT2D eigenvalue weighted by atomic mass is 19.4. The maximum absolute atomic E-state index is 13.0. The molecule has 2 N–H and O–H groups in total. The Hall–Kier alpha value is -4.15. The minimum absolute atomic E-state index is 0.0148. The Morgan fingerprint density at radius 3 is 2.26 bits per heavy atom. The largest absolute Gasteiger partial charge is 0.454 e. The SMILES string of the molecule is Nc1ncc(Oc2ccc(N3C(=O)CN(c4cccc(C(F)(F)F)c4)C3=O)cc2)cn1. The number of nitrogens with two attached hydrogens (primary N) is 1. The minimum Gasteiger partial charge on any atom is -0.454 e. The molecule has 3 amide bonds. The van der Waals surface area contributed by atoms with Crippen molar-refractivity contribution in [3.63, 3.8) is 0 Å². The first-order valence-electron chi connectivity index (χ1n) is 8.89. The van der Waals surface area contributed by atoms with E-state index in [1.807, 2.05) is 0 Å². The van der Waals surface area contributed by atoms with Gasteiger partial charge in [0.1, 0.15) is 12.3 Å². The van der Waals surface area contributed by atoms with Gasteiger partial charge >= 0.3 is 12.2 Å². The van der Waals surface area contributed by atoms with Crippen LogP contribution in [0.4, 0.5) is 35.3 Å². The number of aromatic nitrogens is 2. The first kappa shape index (κ1) is 20.1. The molecule has 2 heterocycles. The second-order valence-corrected chi connectivity index (χ2v) is 6.52. The molecule has 1 aromatic heterocycles. The van der Waals surface area contributed by atoms with Crippen LogP contribution in [-0.4, -0.2) is 28.5 Å². The van der Waals surface area contributed by atoms with Crippen molar-refractivity contribution in [1.82, 2.24) is 9.97 Å². The quantitative estimate of drug-likeness (QED) is 0.633. The third kappa shape index (κ3) is 4.10. The van der Waals surface area contributed by atoms with Crippen LogP contribution in [0, 0.1) is 0 Å². The molecule has 0 aliphatic carbocycles. The van der Waals surface area contributed by atoms with E-state index in [1.54, 1.807) is 0 Å². The Kier molecular flexibility index (Phi) is 4.93. The molecule has 0 saturated carbocycles. The first-order chi connectivity index (χ1) is 14.7. The zero-order valence-electron chi connectivity index (χ0n) is 15.7. The van der Waals surface area contributed by atoms with Crippen LogP contribution in [0.5, 0.6) is 11.5 Å². The van der Waals surface area contributed by atoms with Crippen molar-refractivity contribution in [2.45, 2.75) is 6.18 Å². The van der Waals surface area contributed by atoms with Crippen molar-refractivity contribution < 1.29 is 27.5 Å². The van der Waals surface area contributed by atoms with E-state index in [2.05, 4.69) is 9.97 Å². The number of imide groups is 1. The number of benzene rings is 2. The number of rotatable bonds is 4. The Morgan fingerprint density at radius 2 is 1.61 bits per heavy atom. The van der Waals surface area contributed by atoms with Crippen LogP contribution in [0.15, 0.2) is 60.9 Å². The van der Waals surface area contributed by atoms with Gasteiger partial charge in [-0.1, -0.05) is 6.07 Å². The lowest BCUT2D eigenvalue weighted by Crippen LogP contribution is -2.33. The van der Waals surface area contributed by atoms with Crippen molar-refractivity contribution in [3.05, 3.63) is 66.5 Å². The summed E-state index contributed by atoms with van der Waals surface area (Å²) in [6.07, 6.45) is -1.79. The van der Waals surface area contributed by atoms with E-state index < -0.39 is 23.7 Å². The van der Waals surface area contributed by atoms with Gasteiger partial charge in [0.05, 0.1) is 23.6 Å². The van der Waals surface area contributed by atoms with Crippen LogP contribution < -0.4 is 20.3 Å². The molecular weight excluding hydrogens is 415 g/mol. The van der Waals surface area contributed by atoms with Crippen LogP contribution in [-0.2, 0) is 11.0 Å². The number of urea groups is 1. The van der Waals surface area contributed by atoms with E-state index in [0.29, 0.717) is 11.5 Å². The molecule has 3 aromatic rings. The lowest BCUT2D eigenvalue weighted by Gasteiger charge is -2.18. The number of hydrogen-bond acceptors (Lipinski definition) is 6. The molecule has 1 fully saturated rings. The second kappa shape index (κ2) is 7.59. The summed E-state index contributed by atoms with van der Waals surface area (Å²) in [5, 5.41) is 0. The van der Waals surface area contributed by atoms with Crippen LogP contribution in [0.25, 0.3) is 0 Å². The number of ether oxygens (including phenoxy) is 1. The molecular formula is C20H14F3N5O3. The predicted octanol–water partition coefficient (Wildman–Crippen LogP) is 3.84. The van der Waals surface area contributed by atoms with Crippen LogP contribution in [0.3, 0.4) is 0 Å². The van der Waals surface area contributed by atoms with Crippen molar-refractivity contribution in [2.75, 3.05) is 22.1 Å². The number of nitrogen functional groups attached to an aromatic ring is 1. The Bertz CT molecular complexity index is 1130. The molecule has 0 unspecified atom stereocenters. The van der Waals surface area contributed by atoms with Gasteiger partial charge in [-0.05, 0) is 42.5 Å². The Labute approximate surface area is 173 Å². The summed E-state index contributed by atoms with van der Waals surface area (Å²) in [5.41, 5.74) is 4.75. The number of carbonyl (C=O) groups is 2. The van der Waals surface area contributed by atoms with Gasteiger partial charge in [0.15, 0.2) is 5.75 Å². The molecule has 11 heteroatoms. The van der Waals surface area contributed by atoms with Crippen LogP contribution in [0.1, 0.15) is 5.56 Å². The maximum Gasteiger partial charge on any atom is 0.416 e. The number of carbonyl (C=O) groups excluding carboxylic acids is 2. The number of hydrogen-bond donors (Lipinski definition) is 1. The lowest BCUT2D eigenvalue weighted by molar-refractivity contribution is -0.137. The van der Waals surface area contributed by atoms with Crippen molar-refractivity contribution in [3.8, 4) is 11.5 Å². The molecule has 158 valence electrons. The highest BCUT2D eigenvalue weighted by Gasteiger charge is 2.39. The summed E-state index contributed by atoms with van der Waals surface area (Å²) >= 11 is 0. The maximum atomic E-state index is 13.0. The number of alkyl halides is 3. The van der Waals surface area contributed by atoms with Crippen LogP contribution >= 0.6 is 0 Å². The number of amides is 3. The molecule has 0 radical (unpaired) electrons. The van der Waals surface area contributed by atoms with E-state index in [9.17, 15) is 22.8 Å². The monoisotopic (exact) mass is 429 g/mol. The summed E-state index contributed by atoms with van der Waals surface area (Å²) < 4.78 is 44.5. The molecule has 0 spiro atoms. The van der Waals surface area contributed by atoms with Crippen LogP contribution in [0.2, 0.25) is 0 Å². The predicted molar refractivity (Wildman–Crippen MR) is 105 cm³/mol. The fourth-order valence-electron chi connectivity index (χ4n) is 2.99. The van der Waals surface area contributed by atoms with Gasteiger partial charge in [0.2, 0.25) is 5.95 Å². The molecule has 1 aliphatic rings. The minimum atomic E-state index is -4.56. The molecule has 2 aromatic carbocycles. The average molecular weight is 429 g/mol. The van der Waals surface area contributed by atoms with Gasteiger partial charge in [-0.3, -0.25) is 9.69 Å². The summed E-state index contributed by atoms with van der Waals surface area (Å²) in [6.45, 7) is -0.374. The standard InChI is InChI=1S/C20H14F3N5O3/c21-20(22,23)12-2-1-3-14(8-12)27-11-17(29)28(19(27)30)13-4-6-15(7-5-13)31-16-9-25-18(24)26-10-16/h1-10H,11H2,(H2,24,25,26). The molecule has 1 aliphatic heterocycles. The first-order valence-corrected chi connectivity index (χ1v) is 8.89. The van der Waals surface area contributed by atoms with E-state index >= 15 is 0 Å². The highest BCUT2D eigenvalue weighted by molar-refractivity contribution is 6.26. The summed E-state index contributed by atoms with van der Waals surface area (Å²) in [7, 11) is 0. The van der Waals surface area contributed by atoms with E-state index in [1.165, 1.54) is 48.8 Å². The number of halogens is 3. The van der Waals surface area contributed by atoms with Crippen molar-refractivity contribution in [2.24, 2.45) is 0 Å². The lowest BCUT2D eigenvalue weighted by atomic mass is 10.2. The molecule has 1 saturated heterocycles. The zero-order valence-corrected chi connectivity index (χ0v) is 15.7. The van der Waals surface area contributed by atoms with Gasteiger partial charge < -0.3 is 10.5 Å². The second-order valence-electron chi connectivity index (χ2n) is 6.52. The molecule has 31 heavy (non-hydrogen) atoms. The average Bonchev–Trinajstić information content (AvgIpc) is 3.04. The number of anilines is 3. The zero-order chi connectivity index (χ0) is 22.2. The van der Waals surface area contributed by atoms with E-state index in [4.69, 9.17) is 10.5 Å². The van der Waals surface area contributed by atoms with E-state index in [-0.39, 0.29) is 23.9 Å². The Balaban J connectivity index is 1.53. The van der Waals surface area contributed by atoms with Gasteiger partial charge in [0, 0.05) is 5.69 Å². The van der Waals surface area contributed by atoms with Gasteiger partial charge in [-0.2, -0.15) is 13.2 Å². The van der Waals surface area contributed by atoms with Crippen molar-refractivity contribution in [1.29, 1.82) is 0 Å². The molecule has 0 bridgehead atoms. The number of nitrogens with zero attached hydrogens (tertiary/aromatic N) is 4. The molecule has 0 atom stereocenters. The Morgan fingerprint density at radius 1 is 0.935 bits per heavy atom. The fourth-order valence-corrected chi connectivity index (χ4v) is 2.99. The van der Waals surface area contributed by atoms with Gasteiger partial charge in [0.25, 0.3) is 5.91 Å². The highest BCUT2D eigenvalue weighted by Crippen LogP contribution is 2.34. The third-order valence-electron chi connectivity index (χ3n) is 4.43. The van der Waals surface area contributed by atoms with Gasteiger partial charge in [-0.15, -0.1) is 0 Å². The molecule has 8 nitrogen and oxygen atoms in total. The van der Waals surface area contributed by atoms with E-state index in [0.717, 1.165) is 21.9 Å². The molecule has 4 rings (SSSR count). The smallest absolute Gasteiger partial charge is 0.416 e. The van der Waals surface area contributed by atoms with Crippen molar-refractivity contribution >= 4 is 29.3 Å². The summed E-state index contributed by atoms with van der Waals surface area (Å²) in [5.74, 6) is 0.263. The normalized spacial score (nSPS) is 14.3.